The molecule has 1 aliphatic rings. The summed E-state index contributed by atoms with van der Waals surface area (Å²) in [6.45, 7) is 1.57. The highest BCUT2D eigenvalue weighted by Crippen LogP contribution is 2.09. The normalized spacial score (nSPS) is 17.4. The molecular formula is C13H19N3O3. The lowest BCUT2D eigenvalue weighted by molar-refractivity contribution is -0.121. The Balaban J connectivity index is 1.81. The Morgan fingerprint density at radius 3 is 2.68 bits per heavy atom. The van der Waals surface area contributed by atoms with Gasteiger partial charge in [0.05, 0.1) is 12.6 Å². The Morgan fingerprint density at radius 1 is 1.42 bits per heavy atom. The zero-order chi connectivity index (χ0) is 13.8. The van der Waals surface area contributed by atoms with Gasteiger partial charge in [-0.15, -0.1) is 0 Å². The van der Waals surface area contributed by atoms with E-state index in [4.69, 9.17) is 0 Å². The van der Waals surface area contributed by atoms with Gasteiger partial charge in [-0.3, -0.25) is 19.8 Å². The maximum Gasteiger partial charge on any atom is 0.274 e. The molecule has 0 aliphatic carbocycles. The Bertz CT molecular complexity index is 461. The molecule has 0 saturated carbocycles. The van der Waals surface area contributed by atoms with E-state index in [2.05, 4.69) is 5.32 Å². The van der Waals surface area contributed by atoms with Crippen molar-refractivity contribution in [2.24, 2.45) is 7.05 Å². The molecule has 1 aromatic heterocycles. The van der Waals surface area contributed by atoms with Crippen molar-refractivity contribution < 1.29 is 14.7 Å². The second-order valence-corrected chi connectivity index (χ2v) is 4.89. The van der Waals surface area contributed by atoms with Gasteiger partial charge < -0.3 is 9.67 Å². The molecule has 19 heavy (non-hydrogen) atoms. The van der Waals surface area contributed by atoms with Gasteiger partial charge in [0.1, 0.15) is 5.69 Å². The van der Waals surface area contributed by atoms with Gasteiger partial charge in [0, 0.05) is 26.3 Å². The Hall–Kier alpha value is -1.66. The Morgan fingerprint density at radius 2 is 2.11 bits per heavy atom. The number of aliphatic hydroxyl groups is 1. The van der Waals surface area contributed by atoms with E-state index in [9.17, 15) is 14.7 Å². The van der Waals surface area contributed by atoms with Crippen molar-refractivity contribution in [2.45, 2.75) is 18.9 Å². The molecular weight excluding hydrogens is 246 g/mol. The van der Waals surface area contributed by atoms with Crippen molar-refractivity contribution in [1.82, 2.24) is 14.8 Å². The van der Waals surface area contributed by atoms with E-state index in [1.165, 1.54) is 0 Å². The summed E-state index contributed by atoms with van der Waals surface area (Å²) >= 11 is 0. The molecule has 0 bridgehead atoms. The first-order valence-electron chi connectivity index (χ1n) is 6.42. The van der Waals surface area contributed by atoms with Gasteiger partial charge in [0.2, 0.25) is 5.91 Å². The van der Waals surface area contributed by atoms with Gasteiger partial charge >= 0.3 is 0 Å². The van der Waals surface area contributed by atoms with Gasteiger partial charge in [-0.05, 0) is 25.0 Å². The lowest BCUT2D eigenvalue weighted by Crippen LogP contribution is -2.44. The molecule has 0 radical (unpaired) electrons. The van der Waals surface area contributed by atoms with Crippen LogP contribution in [0.15, 0.2) is 18.3 Å². The average molecular weight is 265 g/mol. The zero-order valence-corrected chi connectivity index (χ0v) is 11.0. The number of rotatable bonds is 3. The third-order valence-corrected chi connectivity index (χ3v) is 3.35. The molecule has 104 valence electrons. The molecule has 0 aromatic carbocycles. The first-order valence-corrected chi connectivity index (χ1v) is 6.42. The van der Waals surface area contributed by atoms with Crippen LogP contribution in [0.4, 0.5) is 0 Å². The number of nitrogens with one attached hydrogen (secondary N) is 1. The van der Waals surface area contributed by atoms with E-state index in [1.54, 1.807) is 29.9 Å². The molecule has 0 spiro atoms. The first-order chi connectivity index (χ1) is 9.06. The van der Waals surface area contributed by atoms with Crippen molar-refractivity contribution in [1.29, 1.82) is 0 Å². The number of piperidine rings is 1. The number of imide groups is 1. The number of hydrogen-bond acceptors (Lipinski definition) is 4. The van der Waals surface area contributed by atoms with Crippen molar-refractivity contribution >= 4 is 11.8 Å². The summed E-state index contributed by atoms with van der Waals surface area (Å²) in [5.41, 5.74) is 0.461. The fourth-order valence-electron chi connectivity index (χ4n) is 2.21. The lowest BCUT2D eigenvalue weighted by atomic mass is 10.1. The minimum Gasteiger partial charge on any atom is -0.393 e. The maximum atomic E-state index is 11.8. The Kier molecular flexibility index (Phi) is 4.34. The third-order valence-electron chi connectivity index (χ3n) is 3.35. The highest BCUT2D eigenvalue weighted by molar-refractivity contribution is 6.04. The van der Waals surface area contributed by atoms with Crippen LogP contribution in [0.25, 0.3) is 0 Å². The molecule has 0 unspecified atom stereocenters. The summed E-state index contributed by atoms with van der Waals surface area (Å²) in [5.74, 6) is -0.683. The minimum atomic E-state index is -0.380. The maximum absolute atomic E-state index is 11.8. The van der Waals surface area contributed by atoms with E-state index in [0.717, 1.165) is 0 Å². The number of amides is 2. The second kappa shape index (κ2) is 5.99. The predicted molar refractivity (Wildman–Crippen MR) is 69.6 cm³/mol. The summed E-state index contributed by atoms with van der Waals surface area (Å²) in [5, 5.41) is 11.8. The highest BCUT2D eigenvalue weighted by atomic mass is 16.3. The molecule has 2 amide bonds. The molecule has 1 aliphatic heterocycles. The van der Waals surface area contributed by atoms with E-state index < -0.39 is 0 Å². The van der Waals surface area contributed by atoms with Crippen molar-refractivity contribution in [3.8, 4) is 0 Å². The second-order valence-electron chi connectivity index (χ2n) is 4.89. The van der Waals surface area contributed by atoms with Crippen LogP contribution >= 0.6 is 0 Å². The quantitative estimate of drug-likeness (QED) is 0.789. The predicted octanol–water partition coefficient (Wildman–Crippen LogP) is -0.262. The standard InChI is InChI=1S/C13H19N3O3/c1-15-6-2-3-11(15)13(19)14-12(18)9-16-7-4-10(17)5-8-16/h2-3,6,10,17H,4-5,7-9H2,1H3,(H,14,18,19). The number of nitrogens with zero attached hydrogens (tertiary/aromatic N) is 2. The number of aryl methyl sites for hydroxylation is 1. The van der Waals surface area contributed by atoms with E-state index >= 15 is 0 Å². The summed E-state index contributed by atoms with van der Waals surface area (Å²) in [7, 11) is 1.76. The van der Waals surface area contributed by atoms with Crippen LogP contribution in [-0.2, 0) is 11.8 Å². The van der Waals surface area contributed by atoms with Crippen LogP contribution in [0, 0.1) is 0 Å². The van der Waals surface area contributed by atoms with Crippen LogP contribution in [0.2, 0.25) is 0 Å². The monoisotopic (exact) mass is 265 g/mol. The lowest BCUT2D eigenvalue weighted by Gasteiger charge is -2.28. The SMILES string of the molecule is Cn1cccc1C(=O)NC(=O)CN1CCC(O)CC1. The molecule has 6 nitrogen and oxygen atoms in total. The van der Waals surface area contributed by atoms with E-state index in [1.807, 2.05) is 4.90 Å². The van der Waals surface area contributed by atoms with Crippen LogP contribution in [-0.4, -0.2) is 52.1 Å². The molecule has 1 aromatic rings. The van der Waals surface area contributed by atoms with E-state index in [-0.39, 0.29) is 24.5 Å². The third kappa shape index (κ3) is 3.65. The molecule has 2 heterocycles. The fraction of sp³-hybridized carbons (Fsp3) is 0.538. The van der Waals surface area contributed by atoms with Crippen LogP contribution in [0.1, 0.15) is 23.3 Å². The Labute approximate surface area is 112 Å². The van der Waals surface area contributed by atoms with Crippen LogP contribution in [0.3, 0.4) is 0 Å². The summed E-state index contributed by atoms with van der Waals surface area (Å²) in [4.78, 5) is 25.5. The van der Waals surface area contributed by atoms with Gasteiger partial charge in [-0.1, -0.05) is 0 Å². The van der Waals surface area contributed by atoms with Crippen LogP contribution in [0.5, 0.6) is 0 Å². The van der Waals surface area contributed by atoms with Crippen molar-refractivity contribution in [2.75, 3.05) is 19.6 Å². The smallest absolute Gasteiger partial charge is 0.274 e. The summed E-state index contributed by atoms with van der Waals surface area (Å²) in [6.07, 6.45) is 2.85. The zero-order valence-electron chi connectivity index (χ0n) is 11.0. The van der Waals surface area contributed by atoms with Crippen LogP contribution < -0.4 is 5.32 Å². The van der Waals surface area contributed by atoms with E-state index in [0.29, 0.717) is 31.6 Å². The summed E-state index contributed by atoms with van der Waals surface area (Å²) < 4.78 is 1.67. The van der Waals surface area contributed by atoms with Gasteiger partial charge in [0.15, 0.2) is 0 Å². The number of hydrogen-bond donors (Lipinski definition) is 2. The molecule has 6 heteroatoms. The molecule has 1 fully saturated rings. The summed E-state index contributed by atoms with van der Waals surface area (Å²) in [6, 6.07) is 3.42. The topological polar surface area (TPSA) is 74.6 Å². The fourth-order valence-corrected chi connectivity index (χ4v) is 2.21. The highest BCUT2D eigenvalue weighted by Gasteiger charge is 2.20. The van der Waals surface area contributed by atoms with Gasteiger partial charge in [-0.2, -0.15) is 0 Å². The first kappa shape index (κ1) is 13.8. The number of carbonyl (C=O) groups is 2. The molecule has 0 atom stereocenters. The number of aromatic nitrogens is 1. The number of likely N-dealkylation sites (tertiary alicyclic amines) is 1. The molecule has 2 N–H and O–H groups in total. The largest absolute Gasteiger partial charge is 0.393 e. The minimum absolute atomic E-state index is 0.197. The van der Waals surface area contributed by atoms with Crippen molar-refractivity contribution in [3.63, 3.8) is 0 Å². The average Bonchev–Trinajstić information content (AvgIpc) is 2.78. The van der Waals surface area contributed by atoms with Gasteiger partial charge in [0.25, 0.3) is 5.91 Å². The molecule has 2 rings (SSSR count). The van der Waals surface area contributed by atoms with Crippen molar-refractivity contribution in [3.05, 3.63) is 24.0 Å². The molecule has 1 saturated heterocycles. The number of aliphatic hydroxyl groups excluding tert-OH is 1. The number of carbonyl (C=O) groups excluding carboxylic acids is 2. The van der Waals surface area contributed by atoms with Gasteiger partial charge in [-0.25, -0.2) is 0 Å².